The number of hydrogen-bond acceptors (Lipinski definition) is 3. The van der Waals surface area contributed by atoms with E-state index in [1.807, 2.05) is 19.1 Å². The molecule has 1 aromatic heterocycles. The molecule has 1 aromatic carbocycles. The number of Topliss-reactive ketones (excluding diaryl/α,β-unsaturated/α-hetero) is 1. The molecule has 4 rings (SSSR count). The molecule has 2 atom stereocenters. The molecule has 0 amide bonds. The number of rotatable bonds is 1. The van der Waals surface area contributed by atoms with Gasteiger partial charge in [-0.1, -0.05) is 31.2 Å². The first kappa shape index (κ1) is 15.8. The van der Waals surface area contributed by atoms with Crippen molar-refractivity contribution >= 4 is 5.78 Å². The average molecular weight is 331 g/mol. The van der Waals surface area contributed by atoms with Gasteiger partial charge in [-0.3, -0.25) is 4.79 Å². The molecule has 2 aliphatic rings. The summed E-state index contributed by atoms with van der Waals surface area (Å²) < 4.78 is 2.25. The lowest BCUT2D eigenvalue weighted by atomic mass is 9.62. The van der Waals surface area contributed by atoms with Gasteiger partial charge in [-0.2, -0.15) is 5.26 Å². The monoisotopic (exact) mass is 331 g/mol. The van der Waals surface area contributed by atoms with Gasteiger partial charge in [-0.15, -0.1) is 0 Å². The number of nitrogens with zero attached hydrogens (tertiary/aromatic N) is 3. The van der Waals surface area contributed by atoms with Crippen LogP contribution in [0.5, 0.6) is 0 Å². The highest BCUT2D eigenvalue weighted by atomic mass is 16.1. The van der Waals surface area contributed by atoms with E-state index in [0.717, 1.165) is 30.0 Å². The van der Waals surface area contributed by atoms with Gasteiger partial charge in [0.05, 0.1) is 11.3 Å². The number of allylic oxidation sites excluding steroid dienone is 2. The predicted molar refractivity (Wildman–Crippen MR) is 95.5 cm³/mol. The third-order valence-corrected chi connectivity index (χ3v) is 5.88. The van der Waals surface area contributed by atoms with Gasteiger partial charge in [0.2, 0.25) is 0 Å². The van der Waals surface area contributed by atoms with Crippen molar-refractivity contribution in [3.05, 3.63) is 58.7 Å². The van der Waals surface area contributed by atoms with Gasteiger partial charge < -0.3 is 4.57 Å². The Labute approximate surface area is 147 Å². The van der Waals surface area contributed by atoms with Crippen molar-refractivity contribution < 1.29 is 4.79 Å². The fourth-order valence-electron chi connectivity index (χ4n) is 4.49. The highest BCUT2D eigenvalue weighted by molar-refractivity contribution is 6.00. The van der Waals surface area contributed by atoms with Gasteiger partial charge >= 0.3 is 0 Å². The molecule has 2 aromatic rings. The van der Waals surface area contributed by atoms with E-state index < -0.39 is 0 Å². The molecule has 0 radical (unpaired) electrons. The molecule has 0 fully saturated rings. The summed E-state index contributed by atoms with van der Waals surface area (Å²) in [5.41, 5.74) is 4.57. The number of aromatic nitrogens is 2. The Kier molecular flexibility index (Phi) is 3.43. The maximum absolute atomic E-state index is 12.2. The smallest absolute Gasteiger partial charge is 0.173 e. The van der Waals surface area contributed by atoms with Crippen molar-refractivity contribution in [2.24, 2.45) is 5.92 Å². The Morgan fingerprint density at radius 1 is 1.32 bits per heavy atom. The Balaban J connectivity index is 1.94. The summed E-state index contributed by atoms with van der Waals surface area (Å²) in [6, 6.07) is 10.4. The summed E-state index contributed by atoms with van der Waals surface area (Å²) in [5, 5.41) is 9.32. The topological polar surface area (TPSA) is 58.7 Å². The summed E-state index contributed by atoms with van der Waals surface area (Å²) in [6.07, 6.45) is 4.18. The quantitative estimate of drug-likeness (QED) is 0.800. The maximum Gasteiger partial charge on any atom is 0.173 e. The van der Waals surface area contributed by atoms with Crippen LogP contribution in [-0.2, 0) is 16.6 Å². The second-order valence-corrected chi connectivity index (χ2v) is 7.39. The van der Waals surface area contributed by atoms with Crippen LogP contribution in [0.25, 0.3) is 5.69 Å². The van der Waals surface area contributed by atoms with Gasteiger partial charge in [0.1, 0.15) is 11.9 Å². The molecule has 2 aliphatic carbocycles. The van der Waals surface area contributed by atoms with Crippen LogP contribution in [0.3, 0.4) is 0 Å². The number of benzene rings is 1. The zero-order valence-corrected chi connectivity index (χ0v) is 14.8. The first-order chi connectivity index (χ1) is 12.0. The molecular weight excluding hydrogens is 310 g/mol. The lowest BCUT2D eigenvalue weighted by Gasteiger charge is -2.41. The Bertz CT molecular complexity index is 960. The SMILES string of the molecule is Cc1ccccc1-n1c(C)nc2c1CCC1CC(=O)C(C#N)=CC21C. The standard InChI is InChI=1S/C21H21N3O/c1-13-6-4-5-7-17(13)24-14(2)23-20-18(24)9-8-16-10-19(25)15(12-22)11-21(16,20)3/h4-7,11,16H,8-10H2,1-3H3. The second kappa shape index (κ2) is 5.42. The largest absolute Gasteiger partial charge is 0.300 e. The normalized spacial score (nSPS) is 25.0. The lowest BCUT2D eigenvalue weighted by Crippen LogP contribution is -2.40. The van der Waals surface area contributed by atoms with Crippen LogP contribution in [0.2, 0.25) is 0 Å². The maximum atomic E-state index is 12.2. The Morgan fingerprint density at radius 3 is 2.80 bits per heavy atom. The number of carbonyl (C=O) groups excluding carboxylic acids is 1. The first-order valence-corrected chi connectivity index (χ1v) is 8.76. The molecule has 0 bridgehead atoms. The van der Waals surface area contributed by atoms with Gasteiger partial charge in [-0.25, -0.2) is 4.98 Å². The van der Waals surface area contributed by atoms with Crippen LogP contribution in [0.4, 0.5) is 0 Å². The summed E-state index contributed by atoms with van der Waals surface area (Å²) in [4.78, 5) is 17.1. The van der Waals surface area contributed by atoms with Gasteiger partial charge in [-0.05, 0) is 44.2 Å². The van der Waals surface area contributed by atoms with E-state index in [4.69, 9.17) is 4.98 Å². The van der Waals surface area contributed by atoms with E-state index in [2.05, 4.69) is 42.7 Å². The van der Waals surface area contributed by atoms with E-state index in [1.165, 1.54) is 11.3 Å². The molecule has 0 saturated heterocycles. The highest BCUT2D eigenvalue weighted by Crippen LogP contribution is 2.47. The number of hydrogen-bond donors (Lipinski definition) is 0. The minimum Gasteiger partial charge on any atom is -0.300 e. The number of fused-ring (bicyclic) bond motifs is 3. The molecular formula is C21H21N3O. The minimum atomic E-state index is -0.342. The number of imidazole rings is 1. The number of nitriles is 1. The number of ketones is 1. The summed E-state index contributed by atoms with van der Waals surface area (Å²) in [6.45, 7) is 6.28. The van der Waals surface area contributed by atoms with E-state index in [-0.39, 0.29) is 22.7 Å². The van der Waals surface area contributed by atoms with Crippen molar-refractivity contribution in [3.63, 3.8) is 0 Å². The van der Waals surface area contributed by atoms with Crippen molar-refractivity contribution in [2.75, 3.05) is 0 Å². The average Bonchev–Trinajstić information content (AvgIpc) is 2.93. The van der Waals surface area contributed by atoms with E-state index in [0.29, 0.717) is 6.42 Å². The minimum absolute atomic E-state index is 0.0246. The van der Waals surface area contributed by atoms with Gasteiger partial charge in [0.15, 0.2) is 5.78 Å². The van der Waals surface area contributed by atoms with Crippen molar-refractivity contribution in [2.45, 2.75) is 45.4 Å². The number of aryl methyl sites for hydroxylation is 2. The number of carbonyl (C=O) groups is 1. The van der Waals surface area contributed by atoms with Crippen molar-refractivity contribution in [1.29, 1.82) is 5.26 Å². The van der Waals surface area contributed by atoms with Gasteiger partial charge in [0.25, 0.3) is 0 Å². The van der Waals surface area contributed by atoms with E-state index in [9.17, 15) is 10.1 Å². The molecule has 0 spiro atoms. The van der Waals surface area contributed by atoms with Crippen molar-refractivity contribution in [1.82, 2.24) is 9.55 Å². The fraction of sp³-hybridized carbons (Fsp3) is 0.381. The van der Waals surface area contributed by atoms with Crippen LogP contribution in [0.15, 0.2) is 35.9 Å². The molecule has 1 heterocycles. The van der Waals surface area contributed by atoms with E-state index >= 15 is 0 Å². The molecule has 2 unspecified atom stereocenters. The first-order valence-electron chi connectivity index (χ1n) is 8.76. The second-order valence-electron chi connectivity index (χ2n) is 7.39. The molecule has 4 heteroatoms. The Morgan fingerprint density at radius 2 is 2.08 bits per heavy atom. The van der Waals surface area contributed by atoms with E-state index in [1.54, 1.807) is 0 Å². The Hall–Kier alpha value is -2.67. The highest BCUT2D eigenvalue weighted by Gasteiger charge is 2.46. The molecule has 4 nitrogen and oxygen atoms in total. The molecule has 0 N–H and O–H groups in total. The van der Waals surface area contributed by atoms with Crippen molar-refractivity contribution in [3.8, 4) is 11.8 Å². The molecule has 0 saturated carbocycles. The molecule has 126 valence electrons. The fourth-order valence-corrected chi connectivity index (χ4v) is 4.49. The lowest BCUT2D eigenvalue weighted by molar-refractivity contribution is -0.117. The number of para-hydroxylation sites is 1. The molecule has 0 aliphatic heterocycles. The summed E-state index contributed by atoms with van der Waals surface area (Å²) in [5.74, 6) is 1.16. The summed E-state index contributed by atoms with van der Waals surface area (Å²) >= 11 is 0. The predicted octanol–water partition coefficient (Wildman–Crippen LogP) is 3.73. The third kappa shape index (κ3) is 2.19. The van der Waals surface area contributed by atoms with Gasteiger partial charge in [0, 0.05) is 23.2 Å². The van der Waals surface area contributed by atoms with Crippen LogP contribution in [0, 0.1) is 31.1 Å². The summed E-state index contributed by atoms with van der Waals surface area (Å²) in [7, 11) is 0. The van der Waals surface area contributed by atoms with Crippen LogP contribution < -0.4 is 0 Å². The van der Waals surface area contributed by atoms with Crippen LogP contribution in [0.1, 0.15) is 42.5 Å². The molecule has 25 heavy (non-hydrogen) atoms. The van der Waals surface area contributed by atoms with Crippen LogP contribution in [-0.4, -0.2) is 15.3 Å². The van der Waals surface area contributed by atoms with Crippen LogP contribution >= 0.6 is 0 Å². The zero-order valence-electron chi connectivity index (χ0n) is 14.8. The third-order valence-electron chi connectivity index (χ3n) is 5.88. The zero-order chi connectivity index (χ0) is 17.8.